The van der Waals surface area contributed by atoms with Crippen molar-refractivity contribution in [2.75, 3.05) is 9.80 Å². The lowest BCUT2D eigenvalue weighted by atomic mass is 9.86. The zero-order chi connectivity index (χ0) is 55.2. The molecule has 0 unspecified atom stereocenters. The average Bonchev–Trinajstić information content (AvgIpc) is 2.28. The molecule has 0 bridgehead atoms. The van der Waals surface area contributed by atoms with Crippen LogP contribution in [0.2, 0.25) is 0 Å². The van der Waals surface area contributed by atoms with Gasteiger partial charge in [0.05, 0.1) is 44.5 Å². The van der Waals surface area contributed by atoms with E-state index in [0.29, 0.717) is 0 Å². The zero-order valence-corrected chi connectivity index (χ0v) is 47.2. The Labute approximate surface area is 473 Å². The number of anilines is 6. The lowest BCUT2D eigenvalue weighted by Crippen LogP contribution is -2.11. The summed E-state index contributed by atoms with van der Waals surface area (Å²) in [6, 6.07) is 76.3. The molecule has 6 heterocycles. The Morgan fingerprint density at radius 1 is 0.305 bits per heavy atom. The highest BCUT2D eigenvalue weighted by Crippen LogP contribution is 2.55. The van der Waals surface area contributed by atoms with E-state index in [1.165, 1.54) is 98.4 Å². The molecule has 11 aromatic carbocycles. The van der Waals surface area contributed by atoms with E-state index in [9.17, 15) is 0 Å². The highest BCUT2D eigenvalue weighted by atomic mass is 16.3. The number of aromatic nitrogens is 2. The Hall–Kier alpha value is -9.78. The van der Waals surface area contributed by atoms with Crippen LogP contribution in [-0.4, -0.2) is 8.80 Å². The van der Waals surface area contributed by atoms with Crippen LogP contribution in [0.25, 0.3) is 120 Å². The minimum atomic E-state index is -0.0985. The lowest BCUT2D eigenvalue weighted by Gasteiger charge is -2.27. The van der Waals surface area contributed by atoms with Crippen LogP contribution < -0.4 is 9.80 Å². The van der Waals surface area contributed by atoms with Gasteiger partial charge in [-0.05, 0) is 96.5 Å². The number of hydrogen-bond donors (Lipinski definition) is 0. The van der Waals surface area contributed by atoms with Gasteiger partial charge in [-0.15, -0.1) is 0 Å². The predicted octanol–water partition coefficient (Wildman–Crippen LogP) is 21.9. The first-order valence-corrected chi connectivity index (χ1v) is 28.8. The lowest BCUT2D eigenvalue weighted by molar-refractivity contribution is 0.572. The number of furan rings is 2. The number of para-hydroxylation sites is 8. The molecule has 6 heteroatoms. The standard InChI is InChI=1S/C76H58N4O2/c1-43-21-9-13-31-57(43)77(61-35-19-27-49-47-25-17-29-55(75(3,4)5)71(47)81-73(49)61)45-37-39-53-63(41-45)79-59-33-15-11-23-51(59)66-68-54-40-38-46(42-64(54)80-60-34-16-12-24-52(60)65(70(68)80)67(53)69(66)79)78(58-32-14-10-22-44(58)2)62-36-20-28-50-48-26-18-30-56(76(6,7)8)72(48)82-74(50)62/h9-42H,1-8H3. The highest BCUT2D eigenvalue weighted by Gasteiger charge is 2.32. The fourth-order valence-electron chi connectivity index (χ4n) is 14.4. The summed E-state index contributed by atoms with van der Waals surface area (Å²) >= 11 is 0. The van der Waals surface area contributed by atoms with E-state index in [1.54, 1.807) is 0 Å². The average molecular weight is 1060 g/mol. The van der Waals surface area contributed by atoms with Gasteiger partial charge in [-0.2, -0.15) is 0 Å². The minimum absolute atomic E-state index is 0.0985. The molecule has 0 N–H and O–H groups in total. The first-order chi connectivity index (χ1) is 39.8. The van der Waals surface area contributed by atoms with Gasteiger partial charge in [0.15, 0.2) is 11.2 Å². The van der Waals surface area contributed by atoms with Gasteiger partial charge < -0.3 is 27.4 Å². The van der Waals surface area contributed by atoms with Gasteiger partial charge in [0, 0.05) is 98.5 Å². The molecule has 0 aliphatic carbocycles. The number of fused-ring (bicyclic) bond motifs is 20. The number of benzene rings is 11. The van der Waals surface area contributed by atoms with Crippen molar-refractivity contribution in [3.05, 3.63) is 229 Å². The Bertz CT molecular complexity index is 5190. The molecule has 0 aliphatic rings. The van der Waals surface area contributed by atoms with Crippen molar-refractivity contribution in [3.8, 4) is 0 Å². The third-order valence-electron chi connectivity index (χ3n) is 18.0. The number of rotatable bonds is 6. The van der Waals surface area contributed by atoms with E-state index in [2.05, 4.69) is 280 Å². The number of hydrogen-bond acceptors (Lipinski definition) is 4. The van der Waals surface area contributed by atoms with E-state index in [-0.39, 0.29) is 10.8 Å². The molecule has 0 saturated carbocycles. The number of nitrogens with zero attached hydrogens (tertiary/aromatic N) is 4. The fraction of sp³-hybridized carbons (Fsp3) is 0.132. The quantitative estimate of drug-likeness (QED) is 0.166. The summed E-state index contributed by atoms with van der Waals surface area (Å²) in [6.07, 6.45) is 0. The van der Waals surface area contributed by atoms with Crippen molar-refractivity contribution >= 4 is 154 Å². The molecule has 0 fully saturated rings. The molecule has 0 amide bonds. The molecular formula is C76H58N4O2. The topological polar surface area (TPSA) is 41.6 Å². The summed E-state index contributed by atoms with van der Waals surface area (Å²) < 4.78 is 19.4. The fourth-order valence-corrected chi connectivity index (χ4v) is 14.4. The number of aryl methyl sites for hydroxylation is 2. The molecule has 17 rings (SSSR count). The zero-order valence-electron chi connectivity index (χ0n) is 47.2. The van der Waals surface area contributed by atoms with Crippen molar-refractivity contribution in [2.24, 2.45) is 0 Å². The van der Waals surface area contributed by atoms with Gasteiger partial charge in [0.25, 0.3) is 0 Å². The monoisotopic (exact) mass is 1060 g/mol. The first kappa shape index (κ1) is 47.1. The van der Waals surface area contributed by atoms with Crippen LogP contribution in [0.4, 0.5) is 34.1 Å². The van der Waals surface area contributed by atoms with Crippen molar-refractivity contribution < 1.29 is 8.83 Å². The largest absolute Gasteiger partial charge is 0.454 e. The third-order valence-corrected chi connectivity index (χ3v) is 18.0. The van der Waals surface area contributed by atoms with Crippen LogP contribution in [0.15, 0.2) is 215 Å². The van der Waals surface area contributed by atoms with Crippen molar-refractivity contribution in [1.82, 2.24) is 8.80 Å². The van der Waals surface area contributed by atoms with Crippen LogP contribution in [-0.2, 0) is 10.8 Å². The summed E-state index contributed by atoms with van der Waals surface area (Å²) in [5.41, 5.74) is 21.8. The second-order valence-corrected chi connectivity index (χ2v) is 24.9. The smallest absolute Gasteiger partial charge is 0.159 e. The van der Waals surface area contributed by atoms with Crippen molar-refractivity contribution in [1.29, 1.82) is 0 Å². The predicted molar refractivity (Wildman–Crippen MR) is 347 cm³/mol. The van der Waals surface area contributed by atoms with Gasteiger partial charge >= 0.3 is 0 Å². The Morgan fingerprint density at radius 2 is 0.634 bits per heavy atom. The molecule has 0 saturated heterocycles. The van der Waals surface area contributed by atoms with Crippen molar-refractivity contribution in [2.45, 2.75) is 66.2 Å². The summed E-state index contributed by atoms with van der Waals surface area (Å²) in [5, 5.41) is 14.5. The molecular weight excluding hydrogens is 1000 g/mol. The maximum Gasteiger partial charge on any atom is 0.159 e. The Kier molecular flexibility index (Phi) is 9.43. The molecule has 6 aromatic heterocycles. The summed E-state index contributed by atoms with van der Waals surface area (Å²) in [7, 11) is 0. The molecule has 0 aliphatic heterocycles. The molecule has 82 heavy (non-hydrogen) atoms. The molecule has 17 aromatic rings. The summed E-state index contributed by atoms with van der Waals surface area (Å²) in [5.74, 6) is 0. The Balaban J connectivity index is 0.947. The van der Waals surface area contributed by atoms with Crippen LogP contribution in [0.3, 0.4) is 0 Å². The van der Waals surface area contributed by atoms with Gasteiger partial charge in [0.1, 0.15) is 11.2 Å². The highest BCUT2D eigenvalue weighted by molar-refractivity contribution is 6.45. The molecule has 0 spiro atoms. The van der Waals surface area contributed by atoms with Crippen LogP contribution >= 0.6 is 0 Å². The maximum atomic E-state index is 7.14. The van der Waals surface area contributed by atoms with Gasteiger partial charge in [-0.1, -0.05) is 187 Å². The maximum absolute atomic E-state index is 7.14. The molecule has 0 atom stereocenters. The van der Waals surface area contributed by atoms with Gasteiger partial charge in [0.2, 0.25) is 0 Å². The molecule has 6 nitrogen and oxygen atoms in total. The van der Waals surface area contributed by atoms with Crippen molar-refractivity contribution in [3.63, 3.8) is 0 Å². The van der Waals surface area contributed by atoms with E-state index in [0.717, 1.165) is 78.0 Å². The van der Waals surface area contributed by atoms with Crippen LogP contribution in [0, 0.1) is 13.8 Å². The van der Waals surface area contributed by atoms with E-state index < -0.39 is 0 Å². The molecule has 0 radical (unpaired) electrons. The summed E-state index contributed by atoms with van der Waals surface area (Å²) in [4.78, 5) is 4.84. The minimum Gasteiger partial charge on any atom is -0.454 e. The second kappa shape index (κ2) is 16.4. The first-order valence-electron chi connectivity index (χ1n) is 28.8. The third kappa shape index (κ3) is 6.24. The van der Waals surface area contributed by atoms with Crippen LogP contribution in [0.1, 0.15) is 63.8 Å². The molecule has 394 valence electrons. The Morgan fingerprint density at radius 3 is 1.04 bits per heavy atom. The van der Waals surface area contributed by atoms with Crippen LogP contribution in [0.5, 0.6) is 0 Å². The second-order valence-electron chi connectivity index (χ2n) is 24.9. The summed E-state index contributed by atoms with van der Waals surface area (Å²) in [6.45, 7) is 18.0. The van der Waals surface area contributed by atoms with E-state index in [1.807, 2.05) is 0 Å². The van der Waals surface area contributed by atoms with Gasteiger partial charge in [-0.25, -0.2) is 0 Å². The van der Waals surface area contributed by atoms with E-state index >= 15 is 0 Å². The SMILES string of the molecule is Cc1ccccc1N(c1ccc2c3c4c5ccccc5n5c6cc(N(c7ccccc7C)c7cccc8c7oc7c(C(C)(C)C)cccc78)ccc6c(c6c7ccccc7n(c2c1)c63)c45)c1cccc2c1oc1c(C(C)(C)C)cccc12. The van der Waals surface area contributed by atoms with Gasteiger partial charge in [-0.3, -0.25) is 0 Å². The normalized spacial score (nSPS) is 12.9. The van der Waals surface area contributed by atoms with E-state index in [4.69, 9.17) is 8.83 Å².